The number of aryl methyl sites for hydroxylation is 1. The first-order valence-electron chi connectivity index (χ1n) is 1.67. The minimum atomic E-state index is 0. The smallest absolute Gasteiger partial charge is 0 e. The Labute approximate surface area is 72.0 Å². The monoisotopic (exact) mass is 187 g/mol. The van der Waals surface area contributed by atoms with E-state index in [4.69, 9.17) is 0 Å². The summed E-state index contributed by atoms with van der Waals surface area (Å²) in [5.41, 5.74) is 1.77. The topological polar surface area (TPSA) is 12.9 Å². The molecule has 1 nitrogen and oxygen atoms in total. The van der Waals surface area contributed by atoms with Gasteiger partial charge in [-0.25, -0.2) is 11.3 Å². The minimum Gasteiger partial charge on any atom is -0.448 e. The van der Waals surface area contributed by atoms with Gasteiger partial charge in [-0.05, 0) is 6.92 Å². The maximum Gasteiger partial charge on any atom is 0 e. The Kier molecular flexibility index (Phi) is 4.09. The molecule has 7 heavy (non-hydrogen) atoms. The fourth-order valence-corrected chi connectivity index (χ4v) is 0.618. The molecule has 0 bridgehead atoms. The van der Waals surface area contributed by atoms with Crippen molar-refractivity contribution in [2.75, 3.05) is 0 Å². The minimum absolute atomic E-state index is 0. The molecule has 0 aliphatic heterocycles. The molecule has 0 N–H and O–H groups in total. The molecule has 0 saturated carbocycles. The van der Waals surface area contributed by atoms with E-state index in [1.54, 1.807) is 16.8 Å². The van der Waals surface area contributed by atoms with Gasteiger partial charge in [0, 0.05) is 32.7 Å². The molecule has 0 aliphatic rings. The third-order valence-electron chi connectivity index (χ3n) is 0.504. The van der Waals surface area contributed by atoms with Crippen molar-refractivity contribution < 1.29 is 32.7 Å². The summed E-state index contributed by atoms with van der Waals surface area (Å²) < 4.78 is 0. The molecule has 1 heterocycles. The van der Waals surface area contributed by atoms with Crippen LogP contribution in [0.3, 0.4) is 0 Å². The van der Waals surface area contributed by atoms with E-state index in [1.165, 1.54) is 0 Å². The van der Waals surface area contributed by atoms with E-state index < -0.39 is 0 Å². The van der Waals surface area contributed by atoms with Crippen LogP contribution in [0.5, 0.6) is 0 Å². The molecule has 0 unspecified atom stereocenters. The molecule has 1 aromatic heterocycles. The van der Waals surface area contributed by atoms with E-state index in [-0.39, 0.29) is 32.7 Å². The van der Waals surface area contributed by atoms with E-state index in [2.05, 4.69) is 11.2 Å². The normalized spacial score (nSPS) is 7.57. The van der Waals surface area contributed by atoms with Gasteiger partial charge in [-0.15, -0.1) is 6.20 Å². The summed E-state index contributed by atoms with van der Waals surface area (Å²) in [6.45, 7) is 1.98. The summed E-state index contributed by atoms with van der Waals surface area (Å²) >= 11 is 1.61. The molecule has 3 heteroatoms. The van der Waals surface area contributed by atoms with Crippen LogP contribution in [0.2, 0.25) is 0 Å². The Hall–Kier alpha value is 0.734. The summed E-state index contributed by atoms with van der Waals surface area (Å²) in [4.78, 5) is 4.86. The molecule has 0 aromatic carbocycles. The molecule has 0 spiro atoms. The van der Waals surface area contributed by atoms with Crippen LogP contribution in [0.15, 0.2) is 5.51 Å². The fraction of sp³-hybridized carbons (Fsp3) is 0.250. The third kappa shape index (κ3) is 2.52. The first-order valence-corrected chi connectivity index (χ1v) is 2.55. The second-order valence-electron chi connectivity index (χ2n) is 1.02. The van der Waals surface area contributed by atoms with Gasteiger partial charge in [-0.2, -0.15) is 0 Å². The molecule has 0 saturated heterocycles. The number of hydrogen-bond acceptors (Lipinski definition) is 2. The molecule has 0 aliphatic carbocycles. The van der Waals surface area contributed by atoms with Gasteiger partial charge >= 0.3 is 0 Å². The Morgan fingerprint density at radius 1 is 1.86 bits per heavy atom. The van der Waals surface area contributed by atoms with Crippen LogP contribution in [-0.2, 0) is 32.7 Å². The Bertz CT molecular complexity index is 115. The Morgan fingerprint density at radius 3 is 2.71 bits per heavy atom. The molecule has 0 fully saturated rings. The second-order valence-corrected chi connectivity index (χ2v) is 2.08. The summed E-state index contributed by atoms with van der Waals surface area (Å²) in [6.07, 6.45) is 2.77. The molecule has 1 aromatic rings. The van der Waals surface area contributed by atoms with Gasteiger partial charge in [0.1, 0.15) is 0 Å². The molecular formula is C4H4NSY-. The van der Waals surface area contributed by atoms with Gasteiger partial charge in [0.05, 0.1) is 0 Å². The van der Waals surface area contributed by atoms with E-state index in [9.17, 15) is 0 Å². The van der Waals surface area contributed by atoms with Crippen LogP contribution in [0, 0.1) is 13.1 Å². The summed E-state index contributed by atoms with van der Waals surface area (Å²) in [6, 6.07) is 0. The third-order valence-corrected chi connectivity index (χ3v) is 1.16. The van der Waals surface area contributed by atoms with Gasteiger partial charge < -0.3 is 4.98 Å². The standard InChI is InChI=1S/C4H4NS.Y/c1-4-2-5-3-6-4;/h3H,1H3;/q-1;. The fourth-order valence-electron chi connectivity index (χ4n) is 0.249. The first-order chi connectivity index (χ1) is 2.89. The second kappa shape index (κ2) is 3.70. The zero-order valence-corrected chi connectivity index (χ0v) is 7.66. The van der Waals surface area contributed by atoms with Crippen molar-refractivity contribution in [1.82, 2.24) is 4.98 Å². The van der Waals surface area contributed by atoms with Gasteiger partial charge in [0.15, 0.2) is 0 Å². The first kappa shape index (κ1) is 7.73. The van der Waals surface area contributed by atoms with Crippen molar-refractivity contribution >= 4 is 11.3 Å². The van der Waals surface area contributed by atoms with E-state index in [0.717, 1.165) is 4.88 Å². The molecule has 0 atom stereocenters. The SMILES string of the molecule is Cc1[c-]ncs1.[Y]. The molecule has 35 valence electrons. The Balaban J connectivity index is 0.000000360. The zero-order chi connectivity index (χ0) is 4.41. The average molecular weight is 187 g/mol. The number of aromatic nitrogens is 1. The summed E-state index contributed by atoms with van der Waals surface area (Å²) in [5.74, 6) is 0. The van der Waals surface area contributed by atoms with Crippen LogP contribution in [0.4, 0.5) is 0 Å². The van der Waals surface area contributed by atoms with E-state index >= 15 is 0 Å². The average Bonchev–Trinajstić information content (AvgIpc) is 1.86. The van der Waals surface area contributed by atoms with Gasteiger partial charge in [-0.3, -0.25) is 0 Å². The zero-order valence-electron chi connectivity index (χ0n) is 4.01. The number of thiazole rings is 1. The molecule has 0 amide bonds. The predicted molar refractivity (Wildman–Crippen MR) is 25.7 cm³/mol. The van der Waals surface area contributed by atoms with Crippen LogP contribution < -0.4 is 0 Å². The molecule has 1 rings (SSSR count). The van der Waals surface area contributed by atoms with Crippen LogP contribution in [0.25, 0.3) is 0 Å². The van der Waals surface area contributed by atoms with Crippen LogP contribution in [0.1, 0.15) is 4.88 Å². The van der Waals surface area contributed by atoms with Crippen molar-refractivity contribution in [3.05, 3.63) is 16.6 Å². The van der Waals surface area contributed by atoms with E-state index in [0.29, 0.717) is 0 Å². The number of rotatable bonds is 0. The predicted octanol–water partition coefficient (Wildman–Crippen LogP) is 1.25. The van der Waals surface area contributed by atoms with Gasteiger partial charge in [0.25, 0.3) is 0 Å². The largest absolute Gasteiger partial charge is 0.448 e. The van der Waals surface area contributed by atoms with Crippen molar-refractivity contribution in [3.8, 4) is 0 Å². The molecular weight excluding hydrogens is 183 g/mol. The number of nitrogens with zero attached hydrogens (tertiary/aromatic N) is 1. The maximum atomic E-state index is 3.72. The maximum absolute atomic E-state index is 3.72. The summed E-state index contributed by atoms with van der Waals surface area (Å²) in [5, 5.41) is 0. The molecule has 1 radical (unpaired) electrons. The van der Waals surface area contributed by atoms with Crippen LogP contribution >= 0.6 is 11.3 Å². The van der Waals surface area contributed by atoms with Crippen LogP contribution in [-0.4, -0.2) is 4.98 Å². The van der Waals surface area contributed by atoms with Gasteiger partial charge in [-0.1, -0.05) is 10.4 Å². The van der Waals surface area contributed by atoms with Crippen molar-refractivity contribution in [1.29, 1.82) is 0 Å². The quantitative estimate of drug-likeness (QED) is 0.557. The summed E-state index contributed by atoms with van der Waals surface area (Å²) in [7, 11) is 0. The van der Waals surface area contributed by atoms with Crippen molar-refractivity contribution in [2.24, 2.45) is 0 Å². The van der Waals surface area contributed by atoms with E-state index in [1.807, 2.05) is 6.92 Å². The van der Waals surface area contributed by atoms with Gasteiger partial charge in [0.2, 0.25) is 0 Å². The van der Waals surface area contributed by atoms with Crippen molar-refractivity contribution in [2.45, 2.75) is 6.92 Å². The van der Waals surface area contributed by atoms with Crippen molar-refractivity contribution in [3.63, 3.8) is 0 Å². The number of hydrogen-bond donors (Lipinski definition) is 0. The Morgan fingerprint density at radius 2 is 2.57 bits per heavy atom.